The maximum absolute atomic E-state index is 11.0. The summed E-state index contributed by atoms with van der Waals surface area (Å²) in [4.78, 5) is 10.6. The molecule has 0 spiro atoms. The topological polar surface area (TPSA) is 52.4 Å². The minimum Gasteiger partial charge on any atom is -0.489 e. The van der Waals surface area contributed by atoms with E-state index in [1.807, 2.05) is 12.1 Å². The number of nitro groups is 1. The van der Waals surface area contributed by atoms with Gasteiger partial charge in [0.15, 0.2) is 0 Å². The van der Waals surface area contributed by atoms with Crippen LogP contribution in [-0.4, -0.2) is 11.5 Å². The van der Waals surface area contributed by atoms with Crippen molar-refractivity contribution in [2.45, 2.75) is 13.8 Å². The number of rotatable bonds is 6. The van der Waals surface area contributed by atoms with E-state index < -0.39 is 0 Å². The van der Waals surface area contributed by atoms with Gasteiger partial charge in [0.25, 0.3) is 0 Å². The zero-order chi connectivity index (χ0) is 13.5. The van der Waals surface area contributed by atoms with Crippen LogP contribution >= 0.6 is 0 Å². The highest BCUT2D eigenvalue weighted by Gasteiger charge is 2.16. The first-order valence-electron chi connectivity index (χ1n) is 5.75. The number of benzene rings is 1. The van der Waals surface area contributed by atoms with Gasteiger partial charge in [-0.1, -0.05) is 44.7 Å². The first-order valence-corrected chi connectivity index (χ1v) is 5.75. The van der Waals surface area contributed by atoms with E-state index in [0.717, 1.165) is 0 Å². The van der Waals surface area contributed by atoms with Gasteiger partial charge in [0.2, 0.25) is 5.70 Å². The summed E-state index contributed by atoms with van der Waals surface area (Å²) in [5.74, 6) is 0.477. The molecule has 1 aromatic carbocycles. The third-order valence-electron chi connectivity index (χ3n) is 2.38. The van der Waals surface area contributed by atoms with Crippen molar-refractivity contribution >= 4 is 6.08 Å². The molecular weight excluding hydrogens is 230 g/mol. The largest absolute Gasteiger partial charge is 0.489 e. The Bertz CT molecular complexity index is 464. The summed E-state index contributed by atoms with van der Waals surface area (Å²) in [6.07, 6.45) is 3.19. The van der Waals surface area contributed by atoms with Crippen molar-refractivity contribution in [3.05, 3.63) is 58.3 Å². The molecule has 0 N–H and O–H groups in total. The fraction of sp³-hybridized carbons (Fsp3) is 0.286. The molecule has 4 heteroatoms. The van der Waals surface area contributed by atoms with Gasteiger partial charge in [-0.3, -0.25) is 10.1 Å². The van der Waals surface area contributed by atoms with Crippen LogP contribution in [-0.2, 0) is 0 Å². The lowest BCUT2D eigenvalue weighted by Gasteiger charge is -2.08. The summed E-state index contributed by atoms with van der Waals surface area (Å²) in [6, 6.07) is 7.24. The highest BCUT2D eigenvalue weighted by atomic mass is 16.6. The van der Waals surface area contributed by atoms with E-state index >= 15 is 0 Å². The Morgan fingerprint density at radius 2 is 2.17 bits per heavy atom. The van der Waals surface area contributed by atoms with Crippen LogP contribution in [0.1, 0.15) is 19.4 Å². The van der Waals surface area contributed by atoms with Crippen molar-refractivity contribution in [1.82, 2.24) is 0 Å². The average Bonchev–Trinajstić information content (AvgIpc) is 2.33. The van der Waals surface area contributed by atoms with Crippen LogP contribution in [0.3, 0.4) is 0 Å². The Balaban J connectivity index is 3.11. The first kappa shape index (κ1) is 14.0. The maximum Gasteiger partial charge on any atom is 0.249 e. The lowest BCUT2D eigenvalue weighted by molar-refractivity contribution is -0.431. The second-order valence-electron chi connectivity index (χ2n) is 4.12. The Labute approximate surface area is 107 Å². The summed E-state index contributed by atoms with van der Waals surface area (Å²) in [7, 11) is 0. The summed E-state index contributed by atoms with van der Waals surface area (Å²) in [5.41, 5.74) is 0.879. The van der Waals surface area contributed by atoms with E-state index in [2.05, 4.69) is 6.58 Å². The number of ether oxygens (including phenoxy) is 1. The van der Waals surface area contributed by atoms with Gasteiger partial charge in [-0.2, -0.15) is 0 Å². The van der Waals surface area contributed by atoms with Crippen molar-refractivity contribution in [2.24, 2.45) is 5.92 Å². The smallest absolute Gasteiger partial charge is 0.249 e. The monoisotopic (exact) mass is 247 g/mol. The fourth-order valence-corrected chi connectivity index (χ4v) is 1.47. The molecule has 0 aliphatic rings. The molecule has 0 bridgehead atoms. The Kier molecular flexibility index (Phi) is 5.11. The minimum absolute atomic E-state index is 0.146. The molecule has 18 heavy (non-hydrogen) atoms. The molecule has 96 valence electrons. The normalized spacial score (nSPS) is 11.4. The molecule has 0 aliphatic carbocycles. The molecular formula is C14H17NO3. The zero-order valence-electron chi connectivity index (χ0n) is 10.6. The average molecular weight is 247 g/mol. The Morgan fingerprint density at radius 3 is 2.72 bits per heavy atom. The van der Waals surface area contributed by atoms with Crippen LogP contribution in [0, 0.1) is 16.0 Å². The minimum atomic E-state index is -0.352. The van der Waals surface area contributed by atoms with Crippen molar-refractivity contribution in [3.63, 3.8) is 0 Å². The van der Waals surface area contributed by atoms with E-state index in [1.54, 1.807) is 38.1 Å². The number of para-hydroxylation sites is 1. The molecule has 0 unspecified atom stereocenters. The van der Waals surface area contributed by atoms with Gasteiger partial charge in [-0.15, -0.1) is 0 Å². The van der Waals surface area contributed by atoms with Crippen LogP contribution < -0.4 is 4.74 Å². The Morgan fingerprint density at radius 1 is 1.50 bits per heavy atom. The molecule has 0 radical (unpaired) electrons. The van der Waals surface area contributed by atoms with Gasteiger partial charge in [0.1, 0.15) is 12.4 Å². The molecule has 0 saturated heterocycles. The second kappa shape index (κ2) is 6.59. The molecule has 0 heterocycles. The molecule has 0 aliphatic heterocycles. The number of hydrogen-bond donors (Lipinski definition) is 0. The third kappa shape index (κ3) is 3.73. The highest BCUT2D eigenvalue weighted by molar-refractivity contribution is 5.58. The van der Waals surface area contributed by atoms with Gasteiger partial charge in [-0.25, -0.2) is 0 Å². The molecule has 4 nitrogen and oxygen atoms in total. The van der Waals surface area contributed by atoms with Gasteiger partial charge in [-0.05, 0) is 6.07 Å². The van der Waals surface area contributed by atoms with Crippen LogP contribution in [0.4, 0.5) is 0 Å². The predicted octanol–water partition coefficient (Wildman–Crippen LogP) is 3.53. The van der Waals surface area contributed by atoms with E-state index in [0.29, 0.717) is 17.9 Å². The predicted molar refractivity (Wildman–Crippen MR) is 71.9 cm³/mol. The van der Waals surface area contributed by atoms with Crippen LogP contribution in [0.15, 0.2) is 42.6 Å². The maximum atomic E-state index is 11.0. The van der Waals surface area contributed by atoms with E-state index in [-0.39, 0.29) is 16.5 Å². The molecule has 0 amide bonds. The zero-order valence-corrected chi connectivity index (χ0v) is 10.6. The first-order chi connectivity index (χ1) is 8.56. The number of allylic oxidation sites excluding steroid dienone is 1. The highest BCUT2D eigenvalue weighted by Crippen LogP contribution is 2.23. The van der Waals surface area contributed by atoms with Gasteiger partial charge < -0.3 is 4.74 Å². The van der Waals surface area contributed by atoms with Crippen molar-refractivity contribution in [2.75, 3.05) is 6.61 Å². The summed E-state index contributed by atoms with van der Waals surface area (Å²) >= 11 is 0. The second-order valence-corrected chi connectivity index (χ2v) is 4.12. The standard InChI is InChI=1S/C14H17NO3/c1-4-9-18-14-8-6-5-7-12(14)10-13(11(2)3)15(16)17/h4-8,10-11H,1,9H2,2-3H3/b13-10-. The van der Waals surface area contributed by atoms with Crippen molar-refractivity contribution < 1.29 is 9.66 Å². The van der Waals surface area contributed by atoms with Crippen molar-refractivity contribution in [1.29, 1.82) is 0 Å². The van der Waals surface area contributed by atoms with Crippen molar-refractivity contribution in [3.8, 4) is 5.75 Å². The van der Waals surface area contributed by atoms with E-state index in [9.17, 15) is 10.1 Å². The van der Waals surface area contributed by atoms with Crippen LogP contribution in [0.5, 0.6) is 5.75 Å². The molecule has 1 rings (SSSR count). The lowest BCUT2D eigenvalue weighted by atomic mass is 10.1. The quantitative estimate of drug-likeness (QED) is 0.439. The van der Waals surface area contributed by atoms with Gasteiger partial charge in [0, 0.05) is 17.6 Å². The number of hydrogen-bond acceptors (Lipinski definition) is 3. The van der Waals surface area contributed by atoms with E-state index in [1.165, 1.54) is 0 Å². The molecule has 0 fully saturated rings. The summed E-state index contributed by atoms with van der Waals surface area (Å²) < 4.78 is 5.46. The SMILES string of the molecule is C=CCOc1ccccc1/C=C(/C(C)C)[N+](=O)[O-]. The van der Waals surface area contributed by atoms with Gasteiger partial charge >= 0.3 is 0 Å². The van der Waals surface area contributed by atoms with Crippen LogP contribution in [0.25, 0.3) is 6.08 Å². The molecule has 0 saturated carbocycles. The van der Waals surface area contributed by atoms with E-state index in [4.69, 9.17) is 4.74 Å². The number of nitrogens with zero attached hydrogens (tertiary/aromatic N) is 1. The fourth-order valence-electron chi connectivity index (χ4n) is 1.47. The molecule has 0 atom stereocenters. The summed E-state index contributed by atoms with van der Waals surface area (Å²) in [5, 5.41) is 11.0. The Hall–Kier alpha value is -2.10. The third-order valence-corrected chi connectivity index (χ3v) is 2.38. The van der Waals surface area contributed by atoms with Crippen LogP contribution in [0.2, 0.25) is 0 Å². The lowest BCUT2D eigenvalue weighted by Crippen LogP contribution is -2.05. The van der Waals surface area contributed by atoms with Gasteiger partial charge in [0.05, 0.1) is 4.92 Å². The molecule has 0 aromatic heterocycles. The molecule has 1 aromatic rings. The summed E-state index contributed by atoms with van der Waals surface area (Å²) in [6.45, 7) is 7.54.